The van der Waals surface area contributed by atoms with Crippen molar-refractivity contribution in [3.8, 4) is 0 Å². The highest BCUT2D eigenvalue weighted by Gasteiger charge is 2.23. The van der Waals surface area contributed by atoms with Gasteiger partial charge in [-0.05, 0) is 62.7 Å². The summed E-state index contributed by atoms with van der Waals surface area (Å²) in [4.78, 5) is 25.9. The molecule has 1 aromatic heterocycles. The lowest BCUT2D eigenvalue weighted by atomic mass is 10.1. The zero-order valence-electron chi connectivity index (χ0n) is 18.4. The van der Waals surface area contributed by atoms with E-state index in [0.717, 1.165) is 16.0 Å². The summed E-state index contributed by atoms with van der Waals surface area (Å²) in [5.41, 5.74) is 2.81. The first-order valence-corrected chi connectivity index (χ1v) is 12.0. The summed E-state index contributed by atoms with van der Waals surface area (Å²) in [6, 6.07) is 12.8. The zero-order chi connectivity index (χ0) is 23.6. The number of benzene rings is 2. The van der Waals surface area contributed by atoms with E-state index in [0.29, 0.717) is 21.8 Å². The van der Waals surface area contributed by atoms with E-state index in [4.69, 9.17) is 4.74 Å². The topological polar surface area (TPSA) is 92.8 Å². The molecule has 0 saturated heterocycles. The van der Waals surface area contributed by atoms with E-state index in [-0.39, 0.29) is 4.90 Å². The number of carbonyl (C=O) groups is 2. The predicted molar refractivity (Wildman–Crippen MR) is 126 cm³/mol. The molecule has 0 aliphatic heterocycles. The lowest BCUT2D eigenvalue weighted by Crippen LogP contribution is -2.26. The second kappa shape index (κ2) is 9.13. The van der Waals surface area contributed by atoms with Gasteiger partial charge in [0.05, 0.1) is 23.3 Å². The van der Waals surface area contributed by atoms with Crippen molar-refractivity contribution in [2.24, 2.45) is 0 Å². The van der Waals surface area contributed by atoms with E-state index < -0.39 is 21.9 Å². The third-order valence-electron chi connectivity index (χ3n) is 5.17. The van der Waals surface area contributed by atoms with Crippen LogP contribution in [0, 0.1) is 20.8 Å². The molecule has 0 aliphatic carbocycles. The molecule has 1 N–H and O–H groups in total. The smallest absolute Gasteiger partial charge is 0.341 e. The molecule has 3 aromatic rings. The van der Waals surface area contributed by atoms with Gasteiger partial charge < -0.3 is 10.1 Å². The number of aryl methyl sites for hydroxylation is 2. The number of amides is 1. The first-order valence-electron chi connectivity index (χ1n) is 9.71. The molecule has 1 heterocycles. The summed E-state index contributed by atoms with van der Waals surface area (Å²) in [7, 11) is -0.973. The maximum atomic E-state index is 12.9. The van der Waals surface area contributed by atoms with Gasteiger partial charge in [-0.15, -0.1) is 11.3 Å². The molecule has 0 spiro atoms. The Morgan fingerprint density at radius 3 is 2.12 bits per heavy atom. The minimum atomic E-state index is -3.73. The number of hydrogen-bond donors (Lipinski definition) is 1. The zero-order valence-corrected chi connectivity index (χ0v) is 20.1. The maximum Gasteiger partial charge on any atom is 0.341 e. The first-order chi connectivity index (χ1) is 15.1. The molecule has 3 rings (SSSR count). The highest BCUT2D eigenvalue weighted by Crippen LogP contribution is 2.33. The molecule has 0 unspecified atom stereocenters. The normalized spacial score (nSPS) is 11.2. The number of sulfonamides is 1. The summed E-state index contributed by atoms with van der Waals surface area (Å²) >= 11 is 1.30. The SMILES string of the molecule is COC(=O)c1c(NC(=O)c2ccc(N(C)S(=O)(=O)c3ccc(C)cc3)cc2)sc(C)c1C. The monoisotopic (exact) mass is 472 g/mol. The number of nitrogens with zero attached hydrogens (tertiary/aromatic N) is 1. The molecule has 9 heteroatoms. The van der Waals surface area contributed by atoms with Crippen LogP contribution in [0.5, 0.6) is 0 Å². The van der Waals surface area contributed by atoms with Crippen LogP contribution in [-0.4, -0.2) is 34.5 Å². The molecule has 0 aliphatic rings. The van der Waals surface area contributed by atoms with Crippen molar-refractivity contribution in [2.45, 2.75) is 25.7 Å². The van der Waals surface area contributed by atoms with Crippen LogP contribution in [0.1, 0.15) is 36.7 Å². The number of hydrogen-bond acceptors (Lipinski definition) is 6. The molecule has 0 saturated carbocycles. The van der Waals surface area contributed by atoms with Crippen LogP contribution < -0.4 is 9.62 Å². The molecule has 0 bridgehead atoms. The largest absolute Gasteiger partial charge is 0.465 e. The van der Waals surface area contributed by atoms with Crippen LogP contribution in [0.4, 0.5) is 10.7 Å². The number of carbonyl (C=O) groups excluding carboxylic acids is 2. The van der Waals surface area contributed by atoms with Gasteiger partial charge in [0, 0.05) is 17.5 Å². The van der Waals surface area contributed by atoms with Crippen LogP contribution in [0.15, 0.2) is 53.4 Å². The van der Waals surface area contributed by atoms with Gasteiger partial charge in [-0.1, -0.05) is 17.7 Å². The van der Waals surface area contributed by atoms with Gasteiger partial charge in [-0.2, -0.15) is 0 Å². The molecular weight excluding hydrogens is 448 g/mol. The number of nitrogens with one attached hydrogen (secondary N) is 1. The van der Waals surface area contributed by atoms with Crippen molar-refractivity contribution in [1.29, 1.82) is 0 Å². The third kappa shape index (κ3) is 4.53. The summed E-state index contributed by atoms with van der Waals surface area (Å²) in [6.07, 6.45) is 0. The van der Waals surface area contributed by atoms with Gasteiger partial charge in [0.15, 0.2) is 0 Å². The number of ether oxygens (including phenoxy) is 1. The van der Waals surface area contributed by atoms with Crippen molar-refractivity contribution in [1.82, 2.24) is 0 Å². The van der Waals surface area contributed by atoms with Crippen molar-refractivity contribution in [3.05, 3.63) is 75.7 Å². The fraction of sp³-hybridized carbons (Fsp3) is 0.217. The number of thiophene rings is 1. The summed E-state index contributed by atoms with van der Waals surface area (Å²) in [6.45, 7) is 5.55. The Labute approximate surface area is 191 Å². The standard InChI is InChI=1S/C23H24N2O5S2/c1-14-6-12-19(13-7-14)32(28,29)25(4)18-10-8-17(9-11-18)21(26)24-22-20(23(27)30-5)15(2)16(3)31-22/h6-13H,1-5H3,(H,24,26). The van der Waals surface area contributed by atoms with Crippen LogP contribution in [0.25, 0.3) is 0 Å². The van der Waals surface area contributed by atoms with Crippen LogP contribution in [-0.2, 0) is 14.8 Å². The number of rotatable bonds is 6. The van der Waals surface area contributed by atoms with Crippen molar-refractivity contribution >= 4 is 43.9 Å². The molecule has 2 aromatic carbocycles. The number of esters is 1. The highest BCUT2D eigenvalue weighted by molar-refractivity contribution is 7.92. The minimum absolute atomic E-state index is 0.186. The Morgan fingerprint density at radius 1 is 0.969 bits per heavy atom. The Bertz CT molecular complexity index is 1260. The second-order valence-corrected chi connectivity index (χ2v) is 10.5. The summed E-state index contributed by atoms with van der Waals surface area (Å²) in [5.74, 6) is -0.924. The average Bonchev–Trinajstić information content (AvgIpc) is 3.05. The summed E-state index contributed by atoms with van der Waals surface area (Å²) in [5, 5.41) is 3.18. The lowest BCUT2D eigenvalue weighted by molar-refractivity contribution is 0.0601. The van der Waals surface area contributed by atoms with E-state index in [2.05, 4.69) is 5.32 Å². The molecule has 0 radical (unpaired) electrons. The van der Waals surface area contributed by atoms with Gasteiger partial charge in [0.25, 0.3) is 15.9 Å². The Kier molecular flexibility index (Phi) is 6.71. The van der Waals surface area contributed by atoms with E-state index >= 15 is 0 Å². The number of methoxy groups -OCH3 is 1. The quantitative estimate of drug-likeness (QED) is 0.532. The van der Waals surface area contributed by atoms with Crippen molar-refractivity contribution < 1.29 is 22.7 Å². The van der Waals surface area contributed by atoms with Gasteiger partial charge in [0.2, 0.25) is 0 Å². The van der Waals surface area contributed by atoms with Crippen LogP contribution in [0.3, 0.4) is 0 Å². The average molecular weight is 473 g/mol. The number of anilines is 2. The minimum Gasteiger partial charge on any atom is -0.465 e. The molecule has 32 heavy (non-hydrogen) atoms. The fourth-order valence-electron chi connectivity index (χ4n) is 3.07. The summed E-state index contributed by atoms with van der Waals surface area (Å²) < 4.78 is 31.7. The molecule has 1 amide bonds. The second-order valence-electron chi connectivity index (χ2n) is 7.27. The molecule has 0 atom stereocenters. The van der Waals surface area contributed by atoms with Crippen molar-refractivity contribution in [2.75, 3.05) is 23.8 Å². The van der Waals surface area contributed by atoms with E-state index in [1.165, 1.54) is 41.9 Å². The Balaban J connectivity index is 1.81. The van der Waals surface area contributed by atoms with Gasteiger partial charge in [-0.3, -0.25) is 9.10 Å². The van der Waals surface area contributed by atoms with E-state index in [9.17, 15) is 18.0 Å². The molecular formula is C23H24N2O5S2. The lowest BCUT2D eigenvalue weighted by Gasteiger charge is -2.20. The van der Waals surface area contributed by atoms with E-state index in [1.807, 2.05) is 13.8 Å². The highest BCUT2D eigenvalue weighted by atomic mass is 32.2. The fourth-order valence-corrected chi connectivity index (χ4v) is 5.31. The van der Waals surface area contributed by atoms with Gasteiger partial charge in [-0.25, -0.2) is 13.2 Å². The molecule has 7 nitrogen and oxygen atoms in total. The van der Waals surface area contributed by atoms with Crippen molar-refractivity contribution in [3.63, 3.8) is 0 Å². The first kappa shape index (κ1) is 23.5. The Morgan fingerprint density at radius 2 is 1.56 bits per heavy atom. The van der Waals surface area contributed by atoms with Gasteiger partial charge >= 0.3 is 5.97 Å². The Hall–Kier alpha value is -3.17. The maximum absolute atomic E-state index is 12.9. The van der Waals surface area contributed by atoms with Gasteiger partial charge in [0.1, 0.15) is 5.00 Å². The van der Waals surface area contributed by atoms with E-state index in [1.54, 1.807) is 43.3 Å². The predicted octanol–water partition coefficient (Wildman–Crippen LogP) is 4.54. The molecule has 168 valence electrons. The van der Waals surface area contributed by atoms with Crippen LogP contribution in [0.2, 0.25) is 0 Å². The third-order valence-corrected chi connectivity index (χ3v) is 8.10. The molecule has 0 fully saturated rings. The van der Waals surface area contributed by atoms with Crippen LogP contribution >= 0.6 is 11.3 Å².